The van der Waals surface area contributed by atoms with Gasteiger partial charge in [-0.3, -0.25) is 0 Å². The highest BCUT2D eigenvalue weighted by Crippen LogP contribution is 2.32. The minimum Gasteiger partial charge on any atom is -0.383 e. The average molecular weight is 367 g/mol. The van der Waals surface area contributed by atoms with E-state index in [1.807, 2.05) is 23.6 Å². The number of imidazole rings is 1. The second-order valence-electron chi connectivity index (χ2n) is 5.07. The van der Waals surface area contributed by atoms with E-state index < -0.39 is 5.82 Å². The van der Waals surface area contributed by atoms with Gasteiger partial charge >= 0.3 is 0 Å². The van der Waals surface area contributed by atoms with E-state index in [1.165, 1.54) is 18.1 Å². The van der Waals surface area contributed by atoms with Gasteiger partial charge in [0.05, 0.1) is 23.3 Å². The van der Waals surface area contributed by atoms with Crippen LogP contribution in [-0.4, -0.2) is 33.2 Å². The number of nitrogens with zero attached hydrogens (tertiary/aromatic N) is 4. The molecule has 0 aliphatic carbocycles. The summed E-state index contributed by atoms with van der Waals surface area (Å²) in [5, 5.41) is 1.52. The molecule has 3 aromatic rings. The van der Waals surface area contributed by atoms with E-state index in [9.17, 15) is 4.39 Å². The number of methoxy groups -OCH3 is 1. The van der Waals surface area contributed by atoms with Crippen molar-refractivity contribution in [1.29, 1.82) is 0 Å². The first-order valence-electron chi connectivity index (χ1n) is 7.46. The molecule has 0 radical (unpaired) electrons. The van der Waals surface area contributed by atoms with E-state index in [4.69, 9.17) is 16.3 Å². The topological polar surface area (TPSA) is 52.8 Å². The van der Waals surface area contributed by atoms with Gasteiger partial charge in [-0.1, -0.05) is 18.5 Å². The van der Waals surface area contributed by atoms with Crippen LogP contribution in [-0.2, 0) is 17.7 Å². The summed E-state index contributed by atoms with van der Waals surface area (Å²) in [6.45, 7) is 2.98. The molecule has 0 atom stereocenters. The van der Waals surface area contributed by atoms with Gasteiger partial charge in [0.15, 0.2) is 11.0 Å². The standard InChI is InChI=1S/C16H16ClFN4OS/c1-3-11-14(18)15(20-9-19-11)24-16-21-12-8-10(17)4-5-13(12)22(16)6-7-23-2/h4-5,8-9H,3,6-7H2,1-2H3. The van der Waals surface area contributed by atoms with Gasteiger partial charge in [-0.15, -0.1) is 0 Å². The van der Waals surface area contributed by atoms with Gasteiger partial charge in [0.25, 0.3) is 0 Å². The van der Waals surface area contributed by atoms with Gasteiger partial charge in [-0.25, -0.2) is 19.3 Å². The number of halogens is 2. The Morgan fingerprint density at radius 3 is 2.92 bits per heavy atom. The van der Waals surface area contributed by atoms with Crippen molar-refractivity contribution in [2.24, 2.45) is 0 Å². The molecule has 5 nitrogen and oxygen atoms in total. The SMILES string of the molecule is CCc1ncnc(Sc2nc3cc(Cl)ccc3n2CCOC)c1F. The van der Waals surface area contributed by atoms with Crippen molar-refractivity contribution in [3.63, 3.8) is 0 Å². The van der Waals surface area contributed by atoms with Crippen LogP contribution in [0.15, 0.2) is 34.7 Å². The van der Waals surface area contributed by atoms with Gasteiger partial charge in [-0.2, -0.15) is 0 Å². The average Bonchev–Trinajstić information content (AvgIpc) is 2.91. The third-order valence-corrected chi connectivity index (χ3v) is 4.75. The van der Waals surface area contributed by atoms with Crippen molar-refractivity contribution >= 4 is 34.4 Å². The van der Waals surface area contributed by atoms with Gasteiger partial charge in [0.2, 0.25) is 0 Å². The molecule has 0 spiro atoms. The molecule has 3 rings (SSSR count). The summed E-state index contributed by atoms with van der Waals surface area (Å²) in [5.41, 5.74) is 2.07. The zero-order chi connectivity index (χ0) is 17.1. The molecular weight excluding hydrogens is 351 g/mol. The van der Waals surface area contributed by atoms with Gasteiger partial charge in [0, 0.05) is 18.7 Å². The van der Waals surface area contributed by atoms with Crippen molar-refractivity contribution in [2.45, 2.75) is 30.1 Å². The van der Waals surface area contributed by atoms with Crippen LogP contribution >= 0.6 is 23.4 Å². The lowest BCUT2D eigenvalue weighted by Gasteiger charge is -2.09. The van der Waals surface area contributed by atoms with Crippen LogP contribution in [0.2, 0.25) is 5.02 Å². The third kappa shape index (κ3) is 3.38. The monoisotopic (exact) mass is 366 g/mol. The van der Waals surface area contributed by atoms with Crippen LogP contribution in [0.1, 0.15) is 12.6 Å². The molecule has 0 aliphatic heterocycles. The Balaban J connectivity index is 2.05. The van der Waals surface area contributed by atoms with Gasteiger partial charge in [0.1, 0.15) is 11.4 Å². The molecule has 0 aliphatic rings. The summed E-state index contributed by atoms with van der Waals surface area (Å²) in [6.07, 6.45) is 1.89. The first-order valence-corrected chi connectivity index (χ1v) is 8.65. The Labute approximate surface area is 148 Å². The van der Waals surface area contributed by atoms with Crippen LogP contribution in [0.5, 0.6) is 0 Å². The number of hydrogen-bond donors (Lipinski definition) is 0. The Kier molecular flexibility index (Phi) is 5.33. The predicted octanol–water partition coefficient (Wildman–Crippen LogP) is 3.98. The molecule has 24 heavy (non-hydrogen) atoms. The Morgan fingerprint density at radius 1 is 1.33 bits per heavy atom. The van der Waals surface area contributed by atoms with E-state index in [2.05, 4.69) is 15.0 Å². The van der Waals surface area contributed by atoms with Crippen molar-refractivity contribution < 1.29 is 9.13 Å². The maximum Gasteiger partial charge on any atom is 0.177 e. The quantitative estimate of drug-likeness (QED) is 0.618. The van der Waals surface area contributed by atoms with Crippen LogP contribution in [0, 0.1) is 5.82 Å². The molecule has 0 amide bonds. The molecule has 0 saturated carbocycles. The fourth-order valence-electron chi connectivity index (χ4n) is 2.35. The van der Waals surface area contributed by atoms with E-state index in [0.29, 0.717) is 35.4 Å². The summed E-state index contributed by atoms with van der Waals surface area (Å²) >= 11 is 7.23. The highest BCUT2D eigenvalue weighted by atomic mass is 35.5. The second kappa shape index (κ2) is 7.46. The van der Waals surface area contributed by atoms with E-state index in [0.717, 1.165) is 11.0 Å². The maximum atomic E-state index is 14.4. The molecule has 2 heterocycles. The smallest absolute Gasteiger partial charge is 0.177 e. The minimum absolute atomic E-state index is 0.266. The predicted molar refractivity (Wildman–Crippen MR) is 92.1 cm³/mol. The summed E-state index contributed by atoms with van der Waals surface area (Å²) in [7, 11) is 1.64. The normalized spacial score (nSPS) is 11.3. The van der Waals surface area contributed by atoms with Crippen molar-refractivity contribution in [1.82, 2.24) is 19.5 Å². The fraction of sp³-hybridized carbons (Fsp3) is 0.312. The highest BCUT2D eigenvalue weighted by molar-refractivity contribution is 7.99. The zero-order valence-electron chi connectivity index (χ0n) is 13.3. The van der Waals surface area contributed by atoms with Crippen molar-refractivity contribution in [2.75, 3.05) is 13.7 Å². The molecule has 0 unspecified atom stereocenters. The number of rotatable bonds is 6. The lowest BCUT2D eigenvalue weighted by Crippen LogP contribution is -2.06. The molecule has 0 N–H and O–H groups in total. The first-order chi connectivity index (χ1) is 11.6. The van der Waals surface area contributed by atoms with E-state index in [-0.39, 0.29) is 5.03 Å². The highest BCUT2D eigenvalue weighted by Gasteiger charge is 2.17. The maximum absolute atomic E-state index is 14.4. The minimum atomic E-state index is -0.395. The van der Waals surface area contributed by atoms with Gasteiger partial charge in [-0.05, 0) is 36.4 Å². The molecule has 126 valence electrons. The number of hydrogen-bond acceptors (Lipinski definition) is 5. The summed E-state index contributed by atoms with van der Waals surface area (Å²) in [5.74, 6) is -0.395. The lowest BCUT2D eigenvalue weighted by molar-refractivity contribution is 0.186. The molecule has 2 aromatic heterocycles. The van der Waals surface area contributed by atoms with Crippen molar-refractivity contribution in [3.8, 4) is 0 Å². The molecule has 0 fully saturated rings. The van der Waals surface area contributed by atoms with E-state index >= 15 is 0 Å². The molecule has 1 aromatic carbocycles. The molecular formula is C16H16ClFN4OS. The van der Waals surface area contributed by atoms with Crippen LogP contribution < -0.4 is 0 Å². The summed E-state index contributed by atoms with van der Waals surface area (Å²) in [4.78, 5) is 12.6. The van der Waals surface area contributed by atoms with E-state index in [1.54, 1.807) is 13.2 Å². The number of fused-ring (bicyclic) bond motifs is 1. The number of benzene rings is 1. The summed E-state index contributed by atoms with van der Waals surface area (Å²) in [6, 6.07) is 5.50. The Hall–Kier alpha value is -1.70. The van der Waals surface area contributed by atoms with Crippen LogP contribution in [0.3, 0.4) is 0 Å². The molecule has 0 bridgehead atoms. The Bertz CT molecular complexity index is 871. The molecule has 0 saturated heterocycles. The fourth-order valence-corrected chi connectivity index (χ4v) is 3.44. The molecule has 8 heteroatoms. The Morgan fingerprint density at radius 2 is 2.17 bits per heavy atom. The van der Waals surface area contributed by atoms with Crippen molar-refractivity contribution in [3.05, 3.63) is 41.1 Å². The zero-order valence-corrected chi connectivity index (χ0v) is 14.9. The number of aryl methyl sites for hydroxylation is 1. The number of aromatic nitrogens is 4. The van der Waals surface area contributed by atoms with Gasteiger partial charge < -0.3 is 9.30 Å². The number of ether oxygens (including phenoxy) is 1. The first kappa shape index (κ1) is 17.1. The third-order valence-electron chi connectivity index (χ3n) is 3.55. The lowest BCUT2D eigenvalue weighted by atomic mass is 10.3. The van der Waals surface area contributed by atoms with Crippen LogP contribution in [0.25, 0.3) is 11.0 Å². The second-order valence-corrected chi connectivity index (χ2v) is 6.46. The van der Waals surface area contributed by atoms with Crippen LogP contribution in [0.4, 0.5) is 4.39 Å². The summed E-state index contributed by atoms with van der Waals surface area (Å²) < 4.78 is 21.6. The largest absolute Gasteiger partial charge is 0.383 e.